The summed E-state index contributed by atoms with van der Waals surface area (Å²) in [5.41, 5.74) is 0.372. The highest BCUT2D eigenvalue weighted by atomic mass is 16.5. The van der Waals surface area contributed by atoms with E-state index in [2.05, 4.69) is 24.1 Å². The number of hydrogen-bond acceptors (Lipinski definition) is 4. The Morgan fingerprint density at radius 3 is 2.61 bits per heavy atom. The van der Waals surface area contributed by atoms with Crippen molar-refractivity contribution in [3.63, 3.8) is 0 Å². The third kappa shape index (κ3) is 3.44. The maximum absolute atomic E-state index is 8.78. The topological polar surface area (TPSA) is 44.7 Å². The molecule has 0 bridgehead atoms. The van der Waals surface area contributed by atoms with E-state index >= 15 is 0 Å². The first-order valence-electron chi connectivity index (χ1n) is 7.31. The third-order valence-electron chi connectivity index (χ3n) is 4.44. The lowest BCUT2D eigenvalue weighted by Crippen LogP contribution is -2.56. The molecule has 2 fully saturated rings. The number of likely N-dealkylation sites (tertiary alicyclic amines) is 1. The first-order chi connectivity index (χ1) is 8.63. The van der Waals surface area contributed by atoms with Gasteiger partial charge in [-0.05, 0) is 31.2 Å². The maximum Gasteiger partial charge on any atom is 0.0701 e. The number of hydrogen-bond donors (Lipinski definition) is 2. The van der Waals surface area contributed by atoms with Gasteiger partial charge in [-0.15, -0.1) is 0 Å². The van der Waals surface area contributed by atoms with Gasteiger partial charge in [-0.3, -0.25) is 4.90 Å². The summed E-state index contributed by atoms with van der Waals surface area (Å²) in [6, 6.07) is 0.706. The molecule has 2 N–H and O–H groups in total. The van der Waals surface area contributed by atoms with Gasteiger partial charge in [-0.1, -0.05) is 13.8 Å². The average Bonchev–Trinajstić information content (AvgIpc) is 2.37. The van der Waals surface area contributed by atoms with Gasteiger partial charge in [0.15, 0.2) is 0 Å². The van der Waals surface area contributed by atoms with E-state index in [4.69, 9.17) is 9.84 Å². The predicted molar refractivity (Wildman–Crippen MR) is 72.7 cm³/mol. The van der Waals surface area contributed by atoms with Gasteiger partial charge < -0.3 is 15.2 Å². The molecule has 2 heterocycles. The van der Waals surface area contributed by atoms with Crippen molar-refractivity contribution in [1.29, 1.82) is 0 Å². The summed E-state index contributed by atoms with van der Waals surface area (Å²) in [7, 11) is 0. The molecular formula is C14H28N2O2. The Morgan fingerprint density at radius 2 is 2.00 bits per heavy atom. The summed E-state index contributed by atoms with van der Waals surface area (Å²) in [6.45, 7) is 9.93. The van der Waals surface area contributed by atoms with Gasteiger partial charge in [0.25, 0.3) is 0 Å². The van der Waals surface area contributed by atoms with E-state index in [0.29, 0.717) is 24.2 Å². The molecule has 0 spiro atoms. The van der Waals surface area contributed by atoms with Crippen LogP contribution in [0, 0.1) is 5.41 Å². The zero-order valence-electron chi connectivity index (χ0n) is 11.8. The smallest absolute Gasteiger partial charge is 0.0701 e. The summed E-state index contributed by atoms with van der Waals surface area (Å²) in [5.74, 6) is 0. The summed E-state index contributed by atoms with van der Waals surface area (Å²) in [6.07, 6.45) is 3.84. The summed E-state index contributed by atoms with van der Waals surface area (Å²) < 4.78 is 5.63. The molecule has 0 aromatic rings. The molecule has 0 aromatic heterocycles. The lowest BCUT2D eigenvalue weighted by atomic mass is 9.78. The standard InChI is InChI=1S/C14H28N2O2/c1-14(2)11-15-6-3-13(14)16-7-4-12(5-8-16)18-10-9-17/h12-13,15,17H,3-11H2,1-2H3. The maximum atomic E-state index is 8.78. The highest BCUT2D eigenvalue weighted by Gasteiger charge is 2.37. The Balaban J connectivity index is 1.81. The molecule has 106 valence electrons. The summed E-state index contributed by atoms with van der Waals surface area (Å²) >= 11 is 0. The van der Waals surface area contributed by atoms with Crippen LogP contribution in [0.15, 0.2) is 0 Å². The van der Waals surface area contributed by atoms with Gasteiger partial charge in [-0.25, -0.2) is 0 Å². The van der Waals surface area contributed by atoms with E-state index in [1.54, 1.807) is 0 Å². The Kier molecular flexibility index (Phi) is 5.01. The Bertz CT molecular complexity index is 250. The number of piperidine rings is 2. The molecule has 0 amide bonds. The Morgan fingerprint density at radius 1 is 1.28 bits per heavy atom. The molecule has 0 saturated carbocycles. The molecule has 2 aliphatic heterocycles. The SMILES string of the molecule is CC1(C)CNCCC1N1CCC(OCCO)CC1. The molecular weight excluding hydrogens is 228 g/mol. The molecule has 4 heteroatoms. The van der Waals surface area contributed by atoms with Crippen molar-refractivity contribution in [3.8, 4) is 0 Å². The van der Waals surface area contributed by atoms with Crippen molar-refractivity contribution in [2.45, 2.75) is 45.3 Å². The van der Waals surface area contributed by atoms with E-state index < -0.39 is 0 Å². The number of aliphatic hydroxyl groups is 1. The fourth-order valence-corrected chi connectivity index (χ4v) is 3.41. The fourth-order valence-electron chi connectivity index (χ4n) is 3.41. The van der Waals surface area contributed by atoms with E-state index in [0.717, 1.165) is 39.0 Å². The van der Waals surface area contributed by atoms with Gasteiger partial charge in [0, 0.05) is 25.7 Å². The van der Waals surface area contributed by atoms with E-state index in [9.17, 15) is 0 Å². The van der Waals surface area contributed by atoms with Crippen LogP contribution in [0.5, 0.6) is 0 Å². The molecule has 2 rings (SSSR count). The van der Waals surface area contributed by atoms with Crippen LogP contribution in [0.3, 0.4) is 0 Å². The highest BCUT2D eigenvalue weighted by Crippen LogP contribution is 2.31. The second kappa shape index (κ2) is 6.33. The molecule has 0 aromatic carbocycles. The van der Waals surface area contributed by atoms with Crippen LogP contribution in [-0.2, 0) is 4.74 Å². The number of aliphatic hydroxyl groups excluding tert-OH is 1. The van der Waals surface area contributed by atoms with Gasteiger partial charge in [0.05, 0.1) is 19.3 Å². The minimum Gasteiger partial charge on any atom is -0.394 e. The van der Waals surface area contributed by atoms with Crippen LogP contribution in [0.25, 0.3) is 0 Å². The van der Waals surface area contributed by atoms with E-state index in [1.807, 2.05) is 0 Å². The average molecular weight is 256 g/mol. The van der Waals surface area contributed by atoms with Crippen LogP contribution in [0.4, 0.5) is 0 Å². The molecule has 2 saturated heterocycles. The summed E-state index contributed by atoms with van der Waals surface area (Å²) in [5, 5.41) is 12.3. The second-order valence-corrected chi connectivity index (χ2v) is 6.30. The number of nitrogens with one attached hydrogen (secondary N) is 1. The summed E-state index contributed by atoms with van der Waals surface area (Å²) in [4.78, 5) is 2.65. The first kappa shape index (κ1) is 14.3. The fraction of sp³-hybridized carbons (Fsp3) is 1.00. The predicted octanol–water partition coefficient (Wildman–Crippen LogP) is 0.848. The highest BCUT2D eigenvalue weighted by molar-refractivity contribution is 4.93. The lowest BCUT2D eigenvalue weighted by molar-refractivity contribution is -0.0336. The monoisotopic (exact) mass is 256 g/mol. The number of nitrogens with zero attached hydrogens (tertiary/aromatic N) is 1. The van der Waals surface area contributed by atoms with Crippen molar-refractivity contribution in [2.75, 3.05) is 39.4 Å². The van der Waals surface area contributed by atoms with Crippen LogP contribution >= 0.6 is 0 Å². The first-order valence-corrected chi connectivity index (χ1v) is 7.31. The van der Waals surface area contributed by atoms with Gasteiger partial charge in [0.2, 0.25) is 0 Å². The number of rotatable bonds is 4. The van der Waals surface area contributed by atoms with Gasteiger partial charge in [-0.2, -0.15) is 0 Å². The van der Waals surface area contributed by atoms with Gasteiger partial charge >= 0.3 is 0 Å². The molecule has 2 aliphatic rings. The minimum absolute atomic E-state index is 0.140. The lowest BCUT2D eigenvalue weighted by Gasteiger charge is -2.47. The molecule has 1 atom stereocenters. The van der Waals surface area contributed by atoms with Crippen molar-refractivity contribution < 1.29 is 9.84 Å². The van der Waals surface area contributed by atoms with Crippen LogP contribution in [0.2, 0.25) is 0 Å². The number of ether oxygens (including phenoxy) is 1. The van der Waals surface area contributed by atoms with Gasteiger partial charge in [0.1, 0.15) is 0 Å². The van der Waals surface area contributed by atoms with Crippen molar-refractivity contribution in [1.82, 2.24) is 10.2 Å². The van der Waals surface area contributed by atoms with Crippen molar-refractivity contribution >= 4 is 0 Å². The molecule has 4 nitrogen and oxygen atoms in total. The zero-order valence-corrected chi connectivity index (χ0v) is 11.8. The van der Waals surface area contributed by atoms with Crippen LogP contribution < -0.4 is 5.32 Å². The van der Waals surface area contributed by atoms with E-state index in [1.165, 1.54) is 6.42 Å². The molecule has 18 heavy (non-hydrogen) atoms. The quantitative estimate of drug-likeness (QED) is 0.783. The van der Waals surface area contributed by atoms with Crippen molar-refractivity contribution in [2.24, 2.45) is 5.41 Å². The van der Waals surface area contributed by atoms with Crippen molar-refractivity contribution in [3.05, 3.63) is 0 Å². The van der Waals surface area contributed by atoms with Crippen LogP contribution in [0.1, 0.15) is 33.1 Å². The molecule has 0 aliphatic carbocycles. The largest absolute Gasteiger partial charge is 0.394 e. The third-order valence-corrected chi connectivity index (χ3v) is 4.44. The zero-order chi connectivity index (χ0) is 13.0. The Labute approximate surface area is 111 Å². The molecule has 1 unspecified atom stereocenters. The minimum atomic E-state index is 0.140. The second-order valence-electron chi connectivity index (χ2n) is 6.30. The molecule has 0 radical (unpaired) electrons. The van der Waals surface area contributed by atoms with E-state index in [-0.39, 0.29) is 6.61 Å². The normalized spacial score (nSPS) is 30.5. The van der Waals surface area contributed by atoms with Crippen LogP contribution in [-0.4, -0.2) is 61.5 Å². The Hall–Kier alpha value is -0.160.